The number of hydrogen-bond donors (Lipinski definition) is 1. The van der Waals surface area contributed by atoms with Gasteiger partial charge in [0.2, 0.25) is 0 Å². The number of hydrogen-bond acceptors (Lipinski definition) is 5. The highest BCUT2D eigenvalue weighted by Gasteiger charge is 2.16. The monoisotopic (exact) mass is 330 g/mol. The first-order valence-electron chi connectivity index (χ1n) is 6.75. The molecular weight excluding hydrogens is 308 g/mol. The normalized spacial score (nSPS) is 11.8. The molecule has 7 heteroatoms. The number of sulfone groups is 1. The molecule has 0 amide bonds. The van der Waals surface area contributed by atoms with E-state index in [1.54, 1.807) is 18.2 Å². The highest BCUT2D eigenvalue weighted by molar-refractivity contribution is 7.91. The Morgan fingerprint density at radius 3 is 2.71 bits per heavy atom. The molecule has 0 aliphatic carbocycles. The third-order valence-corrected chi connectivity index (χ3v) is 4.97. The van der Waals surface area contributed by atoms with Gasteiger partial charge in [-0.2, -0.15) is 0 Å². The molecule has 0 saturated carbocycles. The fourth-order valence-corrected chi connectivity index (χ4v) is 3.22. The number of likely N-dealkylation sites (N-methyl/N-ethyl adjacent to an activating group) is 1. The molecule has 5 nitrogen and oxygen atoms in total. The van der Waals surface area contributed by atoms with Gasteiger partial charge in [0, 0.05) is 25.3 Å². The minimum absolute atomic E-state index is 0.0520. The first-order valence-corrected chi connectivity index (χ1v) is 8.81. The number of nitrogens with zero attached hydrogens (tertiary/aromatic N) is 1. The Bertz CT molecular complexity index is 573. The average molecular weight is 330 g/mol. The van der Waals surface area contributed by atoms with Crippen LogP contribution in [0.2, 0.25) is 0 Å². The van der Waals surface area contributed by atoms with E-state index in [1.807, 2.05) is 18.9 Å². The quantitative estimate of drug-likeness (QED) is 0.539. The molecule has 0 aromatic heterocycles. The third-order valence-electron chi connectivity index (χ3n) is 3.04. The molecule has 0 radical (unpaired) electrons. The molecule has 0 atom stereocenters. The molecule has 0 aliphatic heterocycles. The molecular formula is C14H22N2O3S2. The molecule has 2 N–H and O–H groups in total. The number of benzene rings is 1. The zero-order valence-corrected chi connectivity index (χ0v) is 14.0. The van der Waals surface area contributed by atoms with Crippen molar-refractivity contribution in [2.45, 2.75) is 11.8 Å². The Hall–Kier alpha value is -1.02. The zero-order valence-electron chi connectivity index (χ0n) is 12.4. The minimum atomic E-state index is -3.34. The van der Waals surface area contributed by atoms with E-state index in [0.29, 0.717) is 31.9 Å². The molecule has 0 fully saturated rings. The van der Waals surface area contributed by atoms with Gasteiger partial charge in [0.1, 0.15) is 4.99 Å². The fraction of sp³-hybridized carbons (Fsp3) is 0.500. The maximum absolute atomic E-state index is 12.3. The van der Waals surface area contributed by atoms with Crippen molar-refractivity contribution in [3.05, 3.63) is 29.8 Å². The predicted molar refractivity (Wildman–Crippen MR) is 88.4 cm³/mol. The van der Waals surface area contributed by atoms with E-state index in [-0.39, 0.29) is 15.6 Å². The van der Waals surface area contributed by atoms with Crippen LogP contribution in [0.3, 0.4) is 0 Å². The van der Waals surface area contributed by atoms with Crippen LogP contribution >= 0.6 is 12.2 Å². The van der Waals surface area contributed by atoms with E-state index in [1.165, 1.54) is 6.07 Å². The maximum Gasteiger partial charge on any atom is 0.179 e. The second kappa shape index (κ2) is 8.43. The molecule has 0 bridgehead atoms. The van der Waals surface area contributed by atoms with Crippen molar-refractivity contribution in [3.63, 3.8) is 0 Å². The van der Waals surface area contributed by atoms with Crippen molar-refractivity contribution in [2.75, 3.05) is 39.1 Å². The molecule has 0 heterocycles. The molecule has 0 spiro atoms. The summed E-state index contributed by atoms with van der Waals surface area (Å²) in [6.07, 6.45) is 0. The summed E-state index contributed by atoms with van der Waals surface area (Å²) in [5.74, 6) is 0.0520. The fourth-order valence-electron chi connectivity index (χ4n) is 1.71. The Balaban J connectivity index is 2.65. The number of thiocarbonyl (C=S) groups is 1. The SMILES string of the molecule is CCOCCN(C)CCS(=O)(=O)c1cccc(C(N)=S)c1. The van der Waals surface area contributed by atoms with Crippen molar-refractivity contribution >= 4 is 27.0 Å². The van der Waals surface area contributed by atoms with Crippen molar-refractivity contribution in [2.24, 2.45) is 5.73 Å². The molecule has 0 saturated heterocycles. The summed E-state index contributed by atoms with van der Waals surface area (Å²) in [4.78, 5) is 2.39. The van der Waals surface area contributed by atoms with Gasteiger partial charge in [0.15, 0.2) is 9.84 Å². The van der Waals surface area contributed by atoms with E-state index in [9.17, 15) is 8.42 Å². The van der Waals surface area contributed by atoms with Crippen LogP contribution in [-0.2, 0) is 14.6 Å². The summed E-state index contributed by atoms with van der Waals surface area (Å²) < 4.78 is 29.8. The Kier molecular flexibility index (Phi) is 7.24. The summed E-state index contributed by atoms with van der Waals surface area (Å²) in [6, 6.07) is 6.45. The van der Waals surface area contributed by atoms with E-state index in [4.69, 9.17) is 22.7 Å². The van der Waals surface area contributed by atoms with Gasteiger partial charge in [-0.3, -0.25) is 0 Å². The highest BCUT2D eigenvalue weighted by atomic mass is 32.2. The third kappa shape index (κ3) is 6.09. The summed E-state index contributed by atoms with van der Waals surface area (Å²) in [7, 11) is -1.46. The van der Waals surface area contributed by atoms with Crippen LogP contribution in [0.25, 0.3) is 0 Å². The lowest BCUT2D eigenvalue weighted by molar-refractivity contribution is 0.124. The van der Waals surface area contributed by atoms with Crippen LogP contribution < -0.4 is 5.73 Å². The Morgan fingerprint density at radius 2 is 2.10 bits per heavy atom. The van der Waals surface area contributed by atoms with E-state index in [0.717, 1.165) is 0 Å². The molecule has 1 aromatic rings. The van der Waals surface area contributed by atoms with Gasteiger partial charge in [-0.05, 0) is 26.1 Å². The lowest BCUT2D eigenvalue weighted by Crippen LogP contribution is -2.29. The van der Waals surface area contributed by atoms with Crippen molar-refractivity contribution in [1.82, 2.24) is 4.90 Å². The lowest BCUT2D eigenvalue weighted by Gasteiger charge is -2.16. The second-order valence-corrected chi connectivity index (χ2v) is 7.26. The first-order chi connectivity index (χ1) is 9.86. The number of ether oxygens (including phenoxy) is 1. The maximum atomic E-state index is 12.3. The minimum Gasteiger partial charge on any atom is -0.389 e. The molecule has 0 aliphatic rings. The standard InChI is InChI=1S/C14H22N2O3S2/c1-3-19-9-7-16(2)8-10-21(17,18)13-6-4-5-12(11-13)14(15)20/h4-6,11H,3,7-10H2,1-2H3,(H2,15,20). The van der Waals surface area contributed by atoms with E-state index in [2.05, 4.69) is 0 Å². The van der Waals surface area contributed by atoms with Crippen LogP contribution in [0, 0.1) is 0 Å². The molecule has 1 aromatic carbocycles. The summed E-state index contributed by atoms with van der Waals surface area (Å²) in [5.41, 5.74) is 6.10. The van der Waals surface area contributed by atoms with Crippen LogP contribution in [-0.4, -0.2) is 57.4 Å². The zero-order chi connectivity index (χ0) is 15.9. The Labute approximate surface area is 132 Å². The highest BCUT2D eigenvalue weighted by Crippen LogP contribution is 2.13. The summed E-state index contributed by atoms with van der Waals surface area (Å²) in [5, 5.41) is 0. The van der Waals surface area contributed by atoms with E-state index >= 15 is 0 Å². The average Bonchev–Trinajstić information content (AvgIpc) is 2.45. The van der Waals surface area contributed by atoms with Crippen LogP contribution in [0.5, 0.6) is 0 Å². The van der Waals surface area contributed by atoms with Gasteiger partial charge in [-0.1, -0.05) is 24.4 Å². The van der Waals surface area contributed by atoms with Crippen LogP contribution in [0.1, 0.15) is 12.5 Å². The Morgan fingerprint density at radius 1 is 1.38 bits per heavy atom. The van der Waals surface area contributed by atoms with Crippen molar-refractivity contribution in [1.29, 1.82) is 0 Å². The number of rotatable bonds is 9. The van der Waals surface area contributed by atoms with Gasteiger partial charge in [0.25, 0.3) is 0 Å². The van der Waals surface area contributed by atoms with Crippen molar-refractivity contribution in [3.8, 4) is 0 Å². The van der Waals surface area contributed by atoms with E-state index < -0.39 is 9.84 Å². The van der Waals surface area contributed by atoms with Crippen LogP contribution in [0.4, 0.5) is 0 Å². The van der Waals surface area contributed by atoms with Gasteiger partial charge in [-0.15, -0.1) is 0 Å². The molecule has 1 rings (SSSR count). The largest absolute Gasteiger partial charge is 0.389 e. The van der Waals surface area contributed by atoms with Crippen LogP contribution in [0.15, 0.2) is 29.2 Å². The second-order valence-electron chi connectivity index (χ2n) is 4.71. The first kappa shape index (κ1) is 18.0. The smallest absolute Gasteiger partial charge is 0.179 e. The van der Waals surface area contributed by atoms with Gasteiger partial charge in [-0.25, -0.2) is 8.42 Å². The summed E-state index contributed by atoms with van der Waals surface area (Å²) >= 11 is 4.87. The molecule has 118 valence electrons. The molecule has 0 unspecified atom stereocenters. The predicted octanol–water partition coefficient (Wildman–Crippen LogP) is 1.06. The molecule has 21 heavy (non-hydrogen) atoms. The topological polar surface area (TPSA) is 72.6 Å². The van der Waals surface area contributed by atoms with Crippen molar-refractivity contribution < 1.29 is 13.2 Å². The van der Waals surface area contributed by atoms with Gasteiger partial charge < -0.3 is 15.4 Å². The lowest BCUT2D eigenvalue weighted by atomic mass is 10.2. The van der Waals surface area contributed by atoms with Gasteiger partial charge in [0.05, 0.1) is 17.3 Å². The van der Waals surface area contributed by atoms with Gasteiger partial charge >= 0.3 is 0 Å². The summed E-state index contributed by atoms with van der Waals surface area (Å²) in [6.45, 7) is 4.35. The number of nitrogens with two attached hydrogens (primary N) is 1.